The number of phenols is 2. The molecular formula is C28H38O14. The first-order chi connectivity index (χ1) is 20.1. The molecule has 0 spiro atoms. The number of phenolic OH excluding ortho intramolecular Hbond substituents is 2. The summed E-state index contributed by atoms with van der Waals surface area (Å²) < 4.78 is 39.2. The Labute approximate surface area is 242 Å². The minimum Gasteiger partial charge on any atom is -0.502 e. The highest BCUT2D eigenvalue weighted by atomic mass is 16.7. The zero-order chi connectivity index (χ0) is 30.7. The minimum atomic E-state index is -1.64. The van der Waals surface area contributed by atoms with E-state index in [1.165, 1.54) is 28.4 Å². The molecule has 14 nitrogen and oxygen atoms in total. The number of benzene rings is 2. The normalized spacial score (nSPS) is 31.1. The van der Waals surface area contributed by atoms with E-state index in [0.29, 0.717) is 11.1 Å². The highest BCUT2D eigenvalue weighted by Crippen LogP contribution is 2.53. The predicted octanol–water partition coefficient (Wildman–Crippen LogP) is -0.0140. The zero-order valence-corrected chi connectivity index (χ0v) is 23.6. The molecular weight excluding hydrogens is 560 g/mol. The van der Waals surface area contributed by atoms with E-state index in [1.54, 1.807) is 24.3 Å². The molecule has 2 aromatic rings. The van der Waals surface area contributed by atoms with Crippen molar-refractivity contribution in [3.8, 4) is 34.5 Å². The van der Waals surface area contributed by atoms with Gasteiger partial charge in [-0.3, -0.25) is 0 Å². The third-order valence-electron chi connectivity index (χ3n) is 7.79. The molecule has 2 aromatic carbocycles. The van der Waals surface area contributed by atoms with E-state index in [-0.39, 0.29) is 47.7 Å². The lowest BCUT2D eigenvalue weighted by Crippen LogP contribution is -2.59. The van der Waals surface area contributed by atoms with Crippen molar-refractivity contribution in [1.29, 1.82) is 0 Å². The summed E-state index contributed by atoms with van der Waals surface area (Å²) in [6.45, 7) is -1.20. The fourth-order valence-corrected chi connectivity index (χ4v) is 5.47. The Morgan fingerprint density at radius 1 is 0.619 bits per heavy atom. The van der Waals surface area contributed by atoms with E-state index in [2.05, 4.69) is 0 Å². The van der Waals surface area contributed by atoms with Gasteiger partial charge in [0.25, 0.3) is 0 Å². The van der Waals surface area contributed by atoms with Crippen LogP contribution in [0, 0.1) is 11.8 Å². The van der Waals surface area contributed by atoms with E-state index in [1.807, 2.05) is 0 Å². The SMILES string of the molecule is COc1cc([C@H]2O[C@@H](c3cc(OC)c(O)c(OC)c3)[C@H](CO)[C@@H]2CO[C@@H]2O[C@H](CO)[C@@H](O)[C@H](O)[C@H]2O)cc(OC)c1O. The number of rotatable bonds is 11. The van der Waals surface area contributed by atoms with Crippen molar-refractivity contribution in [2.75, 3.05) is 48.3 Å². The van der Waals surface area contributed by atoms with Crippen LogP contribution in [0.5, 0.6) is 34.5 Å². The predicted molar refractivity (Wildman–Crippen MR) is 143 cm³/mol. The minimum absolute atomic E-state index is 0.110. The summed E-state index contributed by atoms with van der Waals surface area (Å²) >= 11 is 0. The van der Waals surface area contributed by atoms with Gasteiger partial charge in [0, 0.05) is 18.4 Å². The van der Waals surface area contributed by atoms with Crippen LogP contribution in [0.2, 0.25) is 0 Å². The third-order valence-corrected chi connectivity index (χ3v) is 7.79. The summed E-state index contributed by atoms with van der Waals surface area (Å²) in [5.74, 6) is -1.27. The van der Waals surface area contributed by atoms with Gasteiger partial charge in [-0.25, -0.2) is 0 Å². The summed E-state index contributed by atoms with van der Waals surface area (Å²) in [7, 11) is 5.52. The van der Waals surface area contributed by atoms with Crippen molar-refractivity contribution in [2.45, 2.75) is 42.9 Å². The average molecular weight is 599 g/mol. The molecule has 7 N–H and O–H groups in total. The molecule has 42 heavy (non-hydrogen) atoms. The first-order valence-electron chi connectivity index (χ1n) is 13.2. The van der Waals surface area contributed by atoms with Crippen LogP contribution in [0.4, 0.5) is 0 Å². The maximum atomic E-state index is 10.6. The van der Waals surface area contributed by atoms with E-state index in [4.69, 9.17) is 33.2 Å². The fourth-order valence-electron chi connectivity index (χ4n) is 5.47. The molecule has 2 aliphatic rings. The van der Waals surface area contributed by atoms with Gasteiger partial charge >= 0.3 is 0 Å². The zero-order valence-electron chi connectivity index (χ0n) is 23.6. The number of hydrogen-bond acceptors (Lipinski definition) is 14. The molecule has 2 fully saturated rings. The van der Waals surface area contributed by atoms with Crippen LogP contribution in [0.1, 0.15) is 23.3 Å². The number of ether oxygens (including phenoxy) is 7. The molecule has 0 bridgehead atoms. The van der Waals surface area contributed by atoms with Crippen LogP contribution in [0.25, 0.3) is 0 Å². The summed E-state index contributed by atoms with van der Waals surface area (Å²) in [4.78, 5) is 0. The Morgan fingerprint density at radius 2 is 1.07 bits per heavy atom. The fraction of sp³-hybridized carbons (Fsp3) is 0.571. The molecule has 234 valence electrons. The van der Waals surface area contributed by atoms with Crippen LogP contribution in [-0.4, -0.2) is 115 Å². The van der Waals surface area contributed by atoms with Crippen molar-refractivity contribution in [1.82, 2.24) is 0 Å². The maximum absolute atomic E-state index is 10.6. The van der Waals surface area contributed by atoms with Gasteiger partial charge in [0.05, 0.1) is 53.9 Å². The smallest absolute Gasteiger partial charge is 0.200 e. The first-order valence-corrected chi connectivity index (χ1v) is 13.2. The standard InChI is InChI=1S/C28H38O14/c1-36-16-5-12(6-17(37-2)21(16)31)26-14(9-29)15(11-40-28-25(35)24(34)23(33)20(10-30)41-28)27(42-26)13-7-18(38-3)22(32)19(8-13)39-4/h5-8,14-15,20,23-35H,9-11H2,1-4H3/t14-,15+,20-,23-,24+,25-,26+,27-,28-/m1/s1. The lowest BCUT2D eigenvalue weighted by Gasteiger charge is -2.40. The maximum Gasteiger partial charge on any atom is 0.200 e. The summed E-state index contributed by atoms with van der Waals surface area (Å²) in [5.41, 5.74) is 1.01. The van der Waals surface area contributed by atoms with Gasteiger partial charge < -0.3 is 68.9 Å². The first kappa shape index (κ1) is 31.8. The summed E-state index contributed by atoms with van der Waals surface area (Å²) in [6, 6.07) is 6.22. The number of aliphatic hydroxyl groups excluding tert-OH is 5. The van der Waals surface area contributed by atoms with Crippen LogP contribution in [-0.2, 0) is 14.2 Å². The molecule has 0 unspecified atom stereocenters. The van der Waals surface area contributed by atoms with Gasteiger partial charge in [-0.2, -0.15) is 0 Å². The van der Waals surface area contributed by atoms with Crippen LogP contribution in [0.15, 0.2) is 24.3 Å². The van der Waals surface area contributed by atoms with Crippen molar-refractivity contribution < 1.29 is 68.9 Å². The number of aliphatic hydroxyl groups is 5. The molecule has 2 saturated heterocycles. The van der Waals surface area contributed by atoms with Crippen molar-refractivity contribution >= 4 is 0 Å². The van der Waals surface area contributed by atoms with Crippen molar-refractivity contribution in [3.63, 3.8) is 0 Å². The molecule has 14 heteroatoms. The average Bonchev–Trinajstić information content (AvgIpc) is 3.38. The molecule has 0 amide bonds. The van der Waals surface area contributed by atoms with Crippen molar-refractivity contribution in [2.24, 2.45) is 11.8 Å². The quantitative estimate of drug-likeness (QED) is 0.182. The van der Waals surface area contributed by atoms with E-state index in [9.17, 15) is 35.7 Å². The van der Waals surface area contributed by atoms with Gasteiger partial charge in [0.2, 0.25) is 11.5 Å². The Kier molecular flexibility index (Phi) is 10.2. The molecule has 0 saturated carbocycles. The molecule has 4 rings (SSSR count). The van der Waals surface area contributed by atoms with Crippen LogP contribution < -0.4 is 18.9 Å². The number of hydrogen-bond donors (Lipinski definition) is 7. The largest absolute Gasteiger partial charge is 0.502 e. The van der Waals surface area contributed by atoms with E-state index < -0.39 is 61.4 Å². The second kappa shape index (κ2) is 13.5. The van der Waals surface area contributed by atoms with Crippen LogP contribution in [0.3, 0.4) is 0 Å². The number of aromatic hydroxyl groups is 2. The van der Waals surface area contributed by atoms with Gasteiger partial charge in [0.1, 0.15) is 24.4 Å². The van der Waals surface area contributed by atoms with Gasteiger partial charge in [-0.05, 0) is 35.4 Å². The van der Waals surface area contributed by atoms with Gasteiger partial charge in [-0.1, -0.05) is 0 Å². The molecule has 0 radical (unpaired) electrons. The Balaban J connectivity index is 1.74. The highest BCUT2D eigenvalue weighted by Gasteiger charge is 2.49. The summed E-state index contributed by atoms with van der Waals surface area (Å²) in [5, 5.41) is 71.9. The van der Waals surface area contributed by atoms with Gasteiger partial charge in [0.15, 0.2) is 29.3 Å². The molecule has 2 aliphatic heterocycles. The molecule has 0 aromatic heterocycles. The second-order valence-electron chi connectivity index (χ2n) is 10.1. The second-order valence-corrected chi connectivity index (χ2v) is 10.1. The third kappa shape index (κ3) is 5.89. The Hall–Kier alpha value is -3.08. The molecule has 9 atom stereocenters. The van der Waals surface area contributed by atoms with E-state index in [0.717, 1.165) is 0 Å². The van der Waals surface area contributed by atoms with E-state index >= 15 is 0 Å². The molecule has 2 heterocycles. The lowest BCUT2D eigenvalue weighted by atomic mass is 9.83. The topological polar surface area (TPSA) is 206 Å². The number of methoxy groups -OCH3 is 4. The monoisotopic (exact) mass is 598 g/mol. The highest BCUT2D eigenvalue weighted by molar-refractivity contribution is 5.55. The Morgan fingerprint density at radius 3 is 1.48 bits per heavy atom. The lowest BCUT2D eigenvalue weighted by molar-refractivity contribution is -0.304. The molecule has 0 aliphatic carbocycles. The summed E-state index contributed by atoms with van der Waals surface area (Å²) in [6.07, 6.45) is -9.03. The van der Waals surface area contributed by atoms with Gasteiger partial charge in [-0.15, -0.1) is 0 Å². The van der Waals surface area contributed by atoms with Crippen LogP contribution >= 0.6 is 0 Å². The van der Waals surface area contributed by atoms with Crippen molar-refractivity contribution in [3.05, 3.63) is 35.4 Å². The Bertz CT molecular complexity index is 1160.